The van der Waals surface area contributed by atoms with E-state index in [1.165, 1.54) is 0 Å². The summed E-state index contributed by atoms with van der Waals surface area (Å²) in [5.41, 5.74) is 6.59. The Kier molecular flexibility index (Phi) is 5.44. The highest BCUT2D eigenvalue weighted by atomic mass is 16.5. The molecule has 5 nitrogen and oxygen atoms in total. The summed E-state index contributed by atoms with van der Waals surface area (Å²) in [6.45, 7) is 3.30. The van der Waals surface area contributed by atoms with Crippen molar-refractivity contribution in [2.75, 3.05) is 26.8 Å². The maximum atomic E-state index is 12.2. The van der Waals surface area contributed by atoms with Gasteiger partial charge in [0.15, 0.2) is 18.1 Å². The lowest BCUT2D eigenvalue weighted by Crippen LogP contribution is -2.36. The molecule has 1 aliphatic rings. The molecule has 2 N–H and O–H groups in total. The minimum atomic E-state index is 0.0320. The molecule has 1 aromatic rings. The van der Waals surface area contributed by atoms with Gasteiger partial charge in [-0.3, -0.25) is 4.79 Å². The SMILES string of the molecule is CCN(C(=O)COc1c(CCN)cccc1OC)C1CC1. The number of carbonyl (C=O) groups excluding carboxylic acids is 1. The van der Waals surface area contributed by atoms with Crippen LogP contribution in [0.1, 0.15) is 25.3 Å². The van der Waals surface area contributed by atoms with Crippen LogP contribution in [0.3, 0.4) is 0 Å². The van der Waals surface area contributed by atoms with Gasteiger partial charge in [0, 0.05) is 12.6 Å². The molecule has 0 saturated heterocycles. The highest BCUT2D eigenvalue weighted by Crippen LogP contribution is 2.32. The summed E-state index contributed by atoms with van der Waals surface area (Å²) in [7, 11) is 1.60. The summed E-state index contributed by atoms with van der Waals surface area (Å²) in [4.78, 5) is 14.1. The van der Waals surface area contributed by atoms with Gasteiger partial charge in [-0.1, -0.05) is 12.1 Å². The highest BCUT2D eigenvalue weighted by molar-refractivity contribution is 5.78. The molecule has 1 saturated carbocycles. The molecule has 5 heteroatoms. The number of amides is 1. The summed E-state index contributed by atoms with van der Waals surface area (Å²) >= 11 is 0. The van der Waals surface area contributed by atoms with Gasteiger partial charge in [-0.05, 0) is 44.4 Å². The predicted molar refractivity (Wildman–Crippen MR) is 81.7 cm³/mol. The van der Waals surface area contributed by atoms with Gasteiger partial charge in [0.25, 0.3) is 5.91 Å². The minimum absolute atomic E-state index is 0.0320. The Bertz CT molecular complexity index is 486. The van der Waals surface area contributed by atoms with Crippen molar-refractivity contribution < 1.29 is 14.3 Å². The van der Waals surface area contributed by atoms with Gasteiger partial charge in [-0.25, -0.2) is 0 Å². The first kappa shape index (κ1) is 15.6. The van der Waals surface area contributed by atoms with E-state index in [2.05, 4.69) is 0 Å². The topological polar surface area (TPSA) is 64.8 Å². The number of nitrogens with zero attached hydrogens (tertiary/aromatic N) is 1. The summed E-state index contributed by atoms with van der Waals surface area (Å²) in [5, 5.41) is 0. The molecule has 1 amide bonds. The third kappa shape index (κ3) is 3.88. The largest absolute Gasteiger partial charge is 0.493 e. The average molecular weight is 292 g/mol. The lowest BCUT2D eigenvalue weighted by Gasteiger charge is -2.21. The zero-order valence-electron chi connectivity index (χ0n) is 12.8. The van der Waals surface area contributed by atoms with Gasteiger partial charge < -0.3 is 20.1 Å². The van der Waals surface area contributed by atoms with E-state index in [9.17, 15) is 4.79 Å². The molecule has 116 valence electrons. The first-order chi connectivity index (χ1) is 10.2. The fourth-order valence-corrected chi connectivity index (χ4v) is 2.48. The van der Waals surface area contributed by atoms with Gasteiger partial charge in [0.05, 0.1) is 7.11 Å². The molecule has 1 aromatic carbocycles. The van der Waals surface area contributed by atoms with Crippen LogP contribution in [0, 0.1) is 0 Å². The van der Waals surface area contributed by atoms with E-state index in [4.69, 9.17) is 15.2 Å². The number of carbonyl (C=O) groups is 1. The Morgan fingerprint density at radius 1 is 1.43 bits per heavy atom. The Morgan fingerprint density at radius 3 is 2.76 bits per heavy atom. The monoisotopic (exact) mass is 292 g/mol. The van der Waals surface area contributed by atoms with Crippen molar-refractivity contribution in [3.63, 3.8) is 0 Å². The van der Waals surface area contributed by atoms with Crippen LogP contribution in [0.25, 0.3) is 0 Å². The molecule has 2 rings (SSSR count). The van der Waals surface area contributed by atoms with Crippen molar-refractivity contribution in [1.82, 2.24) is 4.90 Å². The van der Waals surface area contributed by atoms with Crippen LogP contribution >= 0.6 is 0 Å². The van der Waals surface area contributed by atoms with E-state index >= 15 is 0 Å². The Hall–Kier alpha value is -1.75. The number of para-hydroxylation sites is 1. The average Bonchev–Trinajstić information content (AvgIpc) is 3.31. The second-order valence-corrected chi connectivity index (χ2v) is 5.19. The molecule has 21 heavy (non-hydrogen) atoms. The normalized spacial score (nSPS) is 13.9. The molecule has 0 bridgehead atoms. The summed E-state index contributed by atoms with van der Waals surface area (Å²) < 4.78 is 11.1. The van der Waals surface area contributed by atoms with E-state index in [1.807, 2.05) is 30.0 Å². The van der Waals surface area contributed by atoms with Gasteiger partial charge in [0.2, 0.25) is 0 Å². The predicted octanol–water partition coefficient (Wildman–Crippen LogP) is 1.59. The molecule has 0 spiro atoms. The van der Waals surface area contributed by atoms with Gasteiger partial charge >= 0.3 is 0 Å². The molecule has 0 radical (unpaired) electrons. The fraction of sp³-hybridized carbons (Fsp3) is 0.562. The minimum Gasteiger partial charge on any atom is -0.493 e. The number of nitrogens with two attached hydrogens (primary N) is 1. The molecule has 1 fully saturated rings. The summed E-state index contributed by atoms with van der Waals surface area (Å²) in [6.07, 6.45) is 2.90. The number of ether oxygens (including phenoxy) is 2. The van der Waals surface area contributed by atoms with Crippen molar-refractivity contribution in [3.8, 4) is 11.5 Å². The Morgan fingerprint density at radius 2 is 2.19 bits per heavy atom. The lowest BCUT2D eigenvalue weighted by atomic mass is 10.1. The first-order valence-electron chi connectivity index (χ1n) is 7.49. The maximum absolute atomic E-state index is 12.2. The molecular formula is C16H24N2O3. The van der Waals surface area contributed by atoms with Crippen molar-refractivity contribution >= 4 is 5.91 Å². The lowest BCUT2D eigenvalue weighted by molar-refractivity contribution is -0.133. The fourth-order valence-electron chi connectivity index (χ4n) is 2.48. The van der Waals surface area contributed by atoms with E-state index in [0.717, 1.165) is 24.9 Å². The highest BCUT2D eigenvalue weighted by Gasteiger charge is 2.31. The van der Waals surface area contributed by atoms with Gasteiger partial charge in [-0.15, -0.1) is 0 Å². The van der Waals surface area contributed by atoms with Crippen molar-refractivity contribution in [2.45, 2.75) is 32.2 Å². The molecule has 0 aliphatic heterocycles. The first-order valence-corrected chi connectivity index (χ1v) is 7.49. The number of hydrogen-bond donors (Lipinski definition) is 1. The van der Waals surface area contributed by atoms with Crippen LogP contribution < -0.4 is 15.2 Å². The maximum Gasteiger partial charge on any atom is 0.260 e. The van der Waals surface area contributed by atoms with Gasteiger partial charge in [-0.2, -0.15) is 0 Å². The molecule has 0 atom stereocenters. The second kappa shape index (κ2) is 7.31. The number of hydrogen-bond acceptors (Lipinski definition) is 4. The molecule has 0 aromatic heterocycles. The van der Waals surface area contributed by atoms with E-state index in [0.29, 0.717) is 30.5 Å². The Balaban J connectivity index is 2.05. The molecular weight excluding hydrogens is 268 g/mol. The summed E-state index contributed by atoms with van der Waals surface area (Å²) in [6, 6.07) is 6.10. The van der Waals surface area contributed by atoms with E-state index < -0.39 is 0 Å². The second-order valence-electron chi connectivity index (χ2n) is 5.19. The quantitative estimate of drug-likeness (QED) is 0.790. The van der Waals surface area contributed by atoms with E-state index in [-0.39, 0.29) is 12.5 Å². The van der Waals surface area contributed by atoms with Crippen molar-refractivity contribution in [2.24, 2.45) is 5.73 Å². The summed E-state index contributed by atoms with van der Waals surface area (Å²) in [5.74, 6) is 1.30. The Labute approximate surface area is 126 Å². The van der Waals surface area contributed by atoms with Crippen LogP contribution in [0.15, 0.2) is 18.2 Å². The molecule has 0 heterocycles. The number of likely N-dealkylation sites (N-methyl/N-ethyl adjacent to an activating group) is 1. The van der Waals surface area contributed by atoms with E-state index in [1.54, 1.807) is 7.11 Å². The third-order valence-corrected chi connectivity index (χ3v) is 3.68. The van der Waals surface area contributed by atoms with Crippen molar-refractivity contribution in [3.05, 3.63) is 23.8 Å². The molecule has 1 aliphatic carbocycles. The van der Waals surface area contributed by atoms with Crippen molar-refractivity contribution in [1.29, 1.82) is 0 Å². The standard InChI is InChI=1S/C16H24N2O3/c1-3-18(13-7-8-13)15(19)11-21-16-12(9-10-17)5-4-6-14(16)20-2/h4-6,13H,3,7-11,17H2,1-2H3. The number of benzene rings is 1. The van der Waals surface area contributed by atoms with Gasteiger partial charge in [0.1, 0.15) is 0 Å². The number of methoxy groups -OCH3 is 1. The van der Waals surface area contributed by atoms with Crippen LogP contribution in [-0.2, 0) is 11.2 Å². The molecule has 0 unspecified atom stereocenters. The van der Waals surface area contributed by atoms with Crippen LogP contribution in [0.5, 0.6) is 11.5 Å². The van der Waals surface area contributed by atoms with Crippen LogP contribution in [-0.4, -0.2) is 43.7 Å². The zero-order chi connectivity index (χ0) is 15.2. The van der Waals surface area contributed by atoms with Crippen LogP contribution in [0.4, 0.5) is 0 Å². The van der Waals surface area contributed by atoms with Crippen LogP contribution in [0.2, 0.25) is 0 Å². The zero-order valence-corrected chi connectivity index (χ0v) is 12.8. The number of rotatable bonds is 8. The third-order valence-electron chi connectivity index (χ3n) is 3.68. The smallest absolute Gasteiger partial charge is 0.260 e.